The fourth-order valence-corrected chi connectivity index (χ4v) is 0.626. The average Bonchev–Trinajstić information content (AvgIpc) is 1.88. The number of nitrogens with zero attached hydrogens (tertiary/aromatic N) is 1. The van der Waals surface area contributed by atoms with Gasteiger partial charge in [-0.15, -0.1) is 0 Å². The summed E-state index contributed by atoms with van der Waals surface area (Å²) in [5.41, 5.74) is -0.150. The second kappa shape index (κ2) is 2.34. The van der Waals surface area contributed by atoms with E-state index in [-0.39, 0.29) is 16.4 Å². The first-order valence-electron chi connectivity index (χ1n) is 2.66. The molecular formula is C6H6NO3+. The Bertz CT molecular complexity index is 259. The van der Waals surface area contributed by atoms with E-state index in [1.165, 1.54) is 18.2 Å². The molecule has 0 unspecified atom stereocenters. The molecule has 0 bridgehead atoms. The molecule has 0 amide bonds. The highest BCUT2D eigenvalue weighted by atomic mass is 16.6. The zero-order chi connectivity index (χ0) is 7.56. The summed E-state index contributed by atoms with van der Waals surface area (Å²) >= 11 is 0. The van der Waals surface area contributed by atoms with Crippen molar-refractivity contribution in [3.8, 4) is 5.75 Å². The van der Waals surface area contributed by atoms with E-state index >= 15 is 0 Å². The molecule has 4 nitrogen and oxygen atoms in total. The van der Waals surface area contributed by atoms with Crippen molar-refractivity contribution in [3.63, 3.8) is 0 Å². The first-order chi connectivity index (χ1) is 4.72. The minimum atomic E-state index is -0.380. The molecule has 0 radical (unpaired) electrons. The van der Waals surface area contributed by atoms with Gasteiger partial charge >= 0.3 is 5.69 Å². The van der Waals surface area contributed by atoms with Crippen LogP contribution in [0.4, 0.5) is 5.69 Å². The van der Waals surface area contributed by atoms with Gasteiger partial charge in [-0.1, -0.05) is 12.1 Å². The van der Waals surface area contributed by atoms with Gasteiger partial charge in [0.05, 0.1) is 4.91 Å². The van der Waals surface area contributed by atoms with Crippen molar-refractivity contribution in [1.82, 2.24) is 0 Å². The fraction of sp³-hybridized carbons (Fsp3) is 0. The summed E-state index contributed by atoms with van der Waals surface area (Å²) in [6.07, 6.45) is 0. The highest BCUT2D eigenvalue weighted by Gasteiger charge is 2.15. The molecule has 0 saturated heterocycles. The van der Waals surface area contributed by atoms with Gasteiger partial charge in [-0.3, -0.25) is 0 Å². The predicted octanol–water partition coefficient (Wildman–Crippen LogP) is 1.19. The van der Waals surface area contributed by atoms with E-state index in [2.05, 4.69) is 0 Å². The number of para-hydroxylation sites is 2. The van der Waals surface area contributed by atoms with Gasteiger partial charge in [0.2, 0.25) is 0 Å². The molecule has 10 heavy (non-hydrogen) atoms. The lowest BCUT2D eigenvalue weighted by molar-refractivity contribution is -0.730. The van der Waals surface area contributed by atoms with Gasteiger partial charge in [0.25, 0.3) is 4.92 Å². The Labute approximate surface area is 56.9 Å². The molecule has 0 aliphatic heterocycles. The highest BCUT2D eigenvalue weighted by Crippen LogP contribution is 2.22. The molecule has 2 N–H and O–H groups in total. The monoisotopic (exact) mass is 140 g/mol. The van der Waals surface area contributed by atoms with Gasteiger partial charge in [-0.25, -0.2) is 5.21 Å². The summed E-state index contributed by atoms with van der Waals surface area (Å²) in [6, 6.07) is 5.72. The van der Waals surface area contributed by atoms with E-state index in [9.17, 15) is 4.91 Å². The summed E-state index contributed by atoms with van der Waals surface area (Å²) in [7, 11) is 0. The lowest BCUT2D eigenvalue weighted by Gasteiger charge is -1.86. The number of rotatable bonds is 1. The van der Waals surface area contributed by atoms with Crippen molar-refractivity contribution in [3.05, 3.63) is 29.2 Å². The summed E-state index contributed by atoms with van der Waals surface area (Å²) in [4.78, 5) is 9.80. The third kappa shape index (κ3) is 1.05. The molecule has 52 valence electrons. The van der Waals surface area contributed by atoms with Crippen LogP contribution in [0.2, 0.25) is 0 Å². The molecule has 0 saturated carbocycles. The first kappa shape index (κ1) is 6.54. The van der Waals surface area contributed by atoms with Crippen LogP contribution in [0.5, 0.6) is 5.75 Å². The SMILES string of the molecule is O=[N+](O)c1ccccc1O. The third-order valence-corrected chi connectivity index (χ3v) is 1.09. The number of hydrogen-bond donors (Lipinski definition) is 2. The summed E-state index contributed by atoms with van der Waals surface area (Å²) < 4.78 is 0. The first-order valence-corrected chi connectivity index (χ1v) is 2.66. The molecule has 0 spiro atoms. The number of aromatic hydroxyl groups is 1. The number of hydrogen-bond acceptors (Lipinski definition) is 2. The van der Waals surface area contributed by atoms with Gasteiger partial charge in [0.1, 0.15) is 0 Å². The second-order valence-corrected chi connectivity index (χ2v) is 1.76. The number of benzene rings is 1. The van der Waals surface area contributed by atoms with Crippen LogP contribution in [-0.4, -0.2) is 15.2 Å². The average molecular weight is 140 g/mol. The smallest absolute Gasteiger partial charge is 0.357 e. The molecule has 0 aromatic heterocycles. The van der Waals surface area contributed by atoms with Crippen LogP contribution < -0.4 is 0 Å². The van der Waals surface area contributed by atoms with E-state index in [4.69, 9.17) is 10.3 Å². The van der Waals surface area contributed by atoms with Gasteiger partial charge in [0, 0.05) is 6.07 Å². The molecule has 0 atom stereocenters. The molecule has 1 rings (SSSR count). The van der Waals surface area contributed by atoms with Crippen molar-refractivity contribution < 1.29 is 15.2 Å². The normalized spacial score (nSPS) is 9.20. The highest BCUT2D eigenvalue weighted by molar-refractivity contribution is 5.43. The van der Waals surface area contributed by atoms with Crippen LogP contribution in [0.15, 0.2) is 24.3 Å². The zero-order valence-corrected chi connectivity index (χ0v) is 5.06. The topological polar surface area (TPSA) is 60.5 Å². The van der Waals surface area contributed by atoms with Crippen LogP contribution in [-0.2, 0) is 0 Å². The molecule has 0 fully saturated rings. The maximum absolute atomic E-state index is 10.2. The predicted molar refractivity (Wildman–Crippen MR) is 33.2 cm³/mol. The maximum Gasteiger partial charge on any atom is 0.357 e. The molecule has 4 heteroatoms. The number of phenols is 1. The van der Waals surface area contributed by atoms with Crippen molar-refractivity contribution in [2.75, 3.05) is 0 Å². The van der Waals surface area contributed by atoms with Gasteiger partial charge in [-0.2, -0.15) is 0 Å². The standard InChI is InChI=1S/C6H5NO3/c8-6-4-2-1-3-5(6)7(9)10/h1-4H,(H-,8,9,10)/p+1. The van der Waals surface area contributed by atoms with Crippen LogP contribution in [0.25, 0.3) is 0 Å². The van der Waals surface area contributed by atoms with Crippen LogP contribution in [0, 0.1) is 4.91 Å². The lowest BCUT2D eigenvalue weighted by Crippen LogP contribution is -1.90. The quantitative estimate of drug-likeness (QED) is 0.576. The summed E-state index contributed by atoms with van der Waals surface area (Å²) in [5.74, 6) is -0.236. The Morgan fingerprint density at radius 3 is 2.30 bits per heavy atom. The molecule has 0 aliphatic carbocycles. The molecule has 1 aromatic carbocycles. The van der Waals surface area contributed by atoms with E-state index in [1.807, 2.05) is 0 Å². The van der Waals surface area contributed by atoms with Crippen molar-refractivity contribution >= 4 is 5.69 Å². The Kier molecular flexibility index (Phi) is 1.53. The molecular weight excluding hydrogens is 134 g/mol. The Hall–Kier alpha value is -1.58. The van der Waals surface area contributed by atoms with E-state index in [0.717, 1.165) is 0 Å². The van der Waals surface area contributed by atoms with E-state index in [1.54, 1.807) is 6.07 Å². The summed E-state index contributed by atoms with van der Waals surface area (Å²) in [6.45, 7) is 0. The molecule has 1 aromatic rings. The minimum Gasteiger partial charge on any atom is -0.502 e. The van der Waals surface area contributed by atoms with Gasteiger partial charge in [0.15, 0.2) is 5.75 Å². The zero-order valence-electron chi connectivity index (χ0n) is 5.06. The molecule has 0 heterocycles. The third-order valence-electron chi connectivity index (χ3n) is 1.09. The van der Waals surface area contributed by atoms with Gasteiger partial charge < -0.3 is 5.11 Å². The Morgan fingerprint density at radius 2 is 1.90 bits per heavy atom. The Balaban J connectivity index is 3.15. The second-order valence-electron chi connectivity index (χ2n) is 1.76. The van der Waals surface area contributed by atoms with Crippen LogP contribution >= 0.6 is 0 Å². The van der Waals surface area contributed by atoms with Crippen molar-refractivity contribution in [2.45, 2.75) is 0 Å². The van der Waals surface area contributed by atoms with Crippen LogP contribution in [0.1, 0.15) is 0 Å². The van der Waals surface area contributed by atoms with Crippen molar-refractivity contribution in [1.29, 1.82) is 0 Å². The van der Waals surface area contributed by atoms with E-state index < -0.39 is 0 Å². The van der Waals surface area contributed by atoms with E-state index in [0.29, 0.717) is 0 Å². The number of phenolic OH excluding ortho intramolecular Hbond substituents is 1. The van der Waals surface area contributed by atoms with Crippen molar-refractivity contribution in [2.24, 2.45) is 0 Å². The minimum absolute atomic E-state index is 0.150. The molecule has 0 aliphatic rings. The van der Waals surface area contributed by atoms with Gasteiger partial charge in [-0.05, 0) is 6.07 Å². The lowest BCUT2D eigenvalue weighted by atomic mass is 10.3. The maximum atomic E-state index is 10.2. The fourth-order valence-electron chi connectivity index (χ4n) is 0.626. The Morgan fingerprint density at radius 1 is 1.30 bits per heavy atom. The van der Waals surface area contributed by atoms with Crippen LogP contribution in [0.3, 0.4) is 0 Å². The largest absolute Gasteiger partial charge is 0.502 e. The summed E-state index contributed by atoms with van der Waals surface area (Å²) in [5, 5.41) is 17.2.